The van der Waals surface area contributed by atoms with Crippen molar-refractivity contribution in [2.75, 3.05) is 13.7 Å². The third kappa shape index (κ3) is 4.42. The van der Waals surface area contributed by atoms with Crippen molar-refractivity contribution < 1.29 is 4.74 Å². The predicted octanol–water partition coefficient (Wildman–Crippen LogP) is 3.42. The second-order valence-corrected chi connectivity index (χ2v) is 4.53. The van der Waals surface area contributed by atoms with E-state index in [1.54, 1.807) is 0 Å². The van der Waals surface area contributed by atoms with Crippen LogP contribution < -0.4 is 10.1 Å². The minimum Gasteiger partial charge on any atom is -0.493 e. The highest BCUT2D eigenvalue weighted by Crippen LogP contribution is 2.22. The lowest BCUT2D eigenvalue weighted by atomic mass is 10.2. The van der Waals surface area contributed by atoms with Crippen LogP contribution in [-0.2, 0) is 0 Å². The average Bonchev–Trinajstić information content (AvgIpc) is 2.28. The molecule has 1 atom stereocenters. The number of hydrogen-bond acceptors (Lipinski definition) is 2. The number of halogens is 1. The molecule has 0 fully saturated rings. The third-order valence-electron chi connectivity index (χ3n) is 2.68. The number of benzene rings is 1. The molecule has 0 amide bonds. The second-order valence-electron chi connectivity index (χ2n) is 4.09. The molecule has 0 aliphatic heterocycles. The highest BCUT2D eigenvalue weighted by atomic mass is 35.5. The highest BCUT2D eigenvalue weighted by Gasteiger charge is 2.01. The lowest BCUT2D eigenvalue weighted by Gasteiger charge is -2.12. The molecule has 0 spiro atoms. The first kappa shape index (κ1) is 13.3. The topological polar surface area (TPSA) is 21.3 Å². The molecule has 0 saturated heterocycles. The summed E-state index contributed by atoms with van der Waals surface area (Å²) in [6.45, 7) is 4.94. The molecule has 0 saturated carbocycles. The molecule has 90 valence electrons. The molecule has 0 radical (unpaired) electrons. The van der Waals surface area contributed by atoms with Crippen molar-refractivity contribution in [3.8, 4) is 5.75 Å². The summed E-state index contributed by atoms with van der Waals surface area (Å²) in [6.07, 6.45) is 2.17. The van der Waals surface area contributed by atoms with Crippen LogP contribution in [0.5, 0.6) is 5.75 Å². The van der Waals surface area contributed by atoms with Crippen molar-refractivity contribution in [3.63, 3.8) is 0 Å². The summed E-state index contributed by atoms with van der Waals surface area (Å²) in [5, 5.41) is 3.93. The maximum atomic E-state index is 5.91. The molecule has 1 aromatic rings. The van der Waals surface area contributed by atoms with Crippen LogP contribution in [0.4, 0.5) is 0 Å². The molecular weight excluding hydrogens is 222 g/mol. The van der Waals surface area contributed by atoms with E-state index in [0.717, 1.165) is 35.8 Å². The van der Waals surface area contributed by atoms with Crippen LogP contribution in [-0.4, -0.2) is 19.7 Å². The molecule has 0 heterocycles. The quantitative estimate of drug-likeness (QED) is 0.771. The molecule has 1 unspecified atom stereocenters. The van der Waals surface area contributed by atoms with Gasteiger partial charge in [0, 0.05) is 11.1 Å². The van der Waals surface area contributed by atoms with E-state index >= 15 is 0 Å². The van der Waals surface area contributed by atoms with E-state index in [1.165, 1.54) is 0 Å². The Bertz CT molecular complexity index is 328. The van der Waals surface area contributed by atoms with Crippen LogP contribution >= 0.6 is 11.6 Å². The predicted molar refractivity (Wildman–Crippen MR) is 69.4 cm³/mol. The second kappa shape index (κ2) is 6.77. The Morgan fingerprint density at radius 3 is 2.88 bits per heavy atom. The van der Waals surface area contributed by atoms with Gasteiger partial charge in [-0.3, -0.25) is 0 Å². The number of rotatable bonds is 6. The van der Waals surface area contributed by atoms with Crippen LogP contribution in [0, 0.1) is 6.92 Å². The van der Waals surface area contributed by atoms with E-state index in [9.17, 15) is 0 Å². The lowest BCUT2D eigenvalue weighted by molar-refractivity contribution is 0.298. The summed E-state index contributed by atoms with van der Waals surface area (Å²) in [5.41, 5.74) is 1.13. The van der Waals surface area contributed by atoms with Crippen molar-refractivity contribution in [3.05, 3.63) is 28.8 Å². The molecule has 2 nitrogen and oxygen atoms in total. The van der Waals surface area contributed by atoms with Crippen LogP contribution in [0.1, 0.15) is 25.3 Å². The molecule has 1 rings (SSSR count). The Morgan fingerprint density at radius 2 is 2.19 bits per heavy atom. The third-order valence-corrected chi connectivity index (χ3v) is 2.92. The van der Waals surface area contributed by atoms with Crippen molar-refractivity contribution >= 4 is 11.6 Å². The van der Waals surface area contributed by atoms with Crippen molar-refractivity contribution in [1.29, 1.82) is 0 Å². The molecule has 1 N–H and O–H groups in total. The first-order chi connectivity index (χ1) is 7.63. The van der Waals surface area contributed by atoms with Gasteiger partial charge in [-0.2, -0.15) is 0 Å². The van der Waals surface area contributed by atoms with Gasteiger partial charge in [0.2, 0.25) is 0 Å². The molecule has 0 bridgehead atoms. The van der Waals surface area contributed by atoms with Gasteiger partial charge in [0.05, 0.1) is 6.61 Å². The van der Waals surface area contributed by atoms with Crippen molar-refractivity contribution in [2.45, 2.75) is 32.7 Å². The monoisotopic (exact) mass is 241 g/mol. The number of hydrogen-bond donors (Lipinski definition) is 1. The lowest BCUT2D eigenvalue weighted by Crippen LogP contribution is -2.21. The summed E-state index contributed by atoms with van der Waals surface area (Å²) < 4.78 is 5.70. The molecule has 1 aromatic carbocycles. The Balaban J connectivity index is 2.34. The number of ether oxygens (including phenoxy) is 1. The van der Waals surface area contributed by atoms with E-state index in [2.05, 4.69) is 12.2 Å². The minimum atomic E-state index is 0.545. The van der Waals surface area contributed by atoms with E-state index in [0.29, 0.717) is 6.04 Å². The largest absolute Gasteiger partial charge is 0.493 e. The summed E-state index contributed by atoms with van der Waals surface area (Å²) >= 11 is 5.91. The average molecular weight is 242 g/mol. The van der Waals surface area contributed by atoms with Crippen molar-refractivity contribution in [1.82, 2.24) is 5.32 Å². The number of nitrogens with one attached hydrogen (secondary N) is 1. The Kier molecular flexibility index (Phi) is 5.64. The molecule has 0 aliphatic rings. The standard InChI is InChI=1S/C13H20ClNO/c1-10-6-7-12(14)9-13(10)16-8-4-5-11(2)15-3/h6-7,9,11,15H,4-5,8H2,1-3H3. The minimum absolute atomic E-state index is 0.545. The Labute approximate surface area is 103 Å². The molecule has 0 aromatic heterocycles. The normalized spacial score (nSPS) is 12.5. The fraction of sp³-hybridized carbons (Fsp3) is 0.538. The molecule has 0 aliphatic carbocycles. The van der Waals surface area contributed by atoms with Gasteiger partial charge in [0.15, 0.2) is 0 Å². The zero-order chi connectivity index (χ0) is 12.0. The van der Waals surface area contributed by atoms with Gasteiger partial charge >= 0.3 is 0 Å². The van der Waals surface area contributed by atoms with Crippen LogP contribution in [0.25, 0.3) is 0 Å². The summed E-state index contributed by atoms with van der Waals surface area (Å²) in [4.78, 5) is 0. The first-order valence-electron chi connectivity index (χ1n) is 5.69. The van der Waals surface area contributed by atoms with Gasteiger partial charge < -0.3 is 10.1 Å². The van der Waals surface area contributed by atoms with Crippen LogP contribution in [0.3, 0.4) is 0 Å². The summed E-state index contributed by atoms with van der Waals surface area (Å²) in [7, 11) is 1.98. The zero-order valence-corrected chi connectivity index (χ0v) is 11.0. The fourth-order valence-electron chi connectivity index (χ4n) is 1.45. The van der Waals surface area contributed by atoms with E-state index in [4.69, 9.17) is 16.3 Å². The van der Waals surface area contributed by atoms with Gasteiger partial charge in [0.25, 0.3) is 0 Å². The zero-order valence-electron chi connectivity index (χ0n) is 10.2. The van der Waals surface area contributed by atoms with Gasteiger partial charge in [-0.15, -0.1) is 0 Å². The maximum Gasteiger partial charge on any atom is 0.123 e. The number of aryl methyl sites for hydroxylation is 1. The van der Waals surface area contributed by atoms with E-state index < -0.39 is 0 Å². The Hall–Kier alpha value is -0.730. The first-order valence-corrected chi connectivity index (χ1v) is 6.07. The fourth-order valence-corrected chi connectivity index (χ4v) is 1.61. The summed E-state index contributed by atoms with van der Waals surface area (Å²) in [5.74, 6) is 0.893. The molecular formula is C13H20ClNO. The van der Waals surface area contributed by atoms with E-state index in [-0.39, 0.29) is 0 Å². The van der Waals surface area contributed by atoms with Crippen molar-refractivity contribution in [2.24, 2.45) is 0 Å². The summed E-state index contributed by atoms with van der Waals surface area (Å²) in [6, 6.07) is 6.28. The van der Waals surface area contributed by atoms with Gasteiger partial charge in [-0.25, -0.2) is 0 Å². The maximum absolute atomic E-state index is 5.91. The van der Waals surface area contributed by atoms with Gasteiger partial charge in [-0.1, -0.05) is 17.7 Å². The molecule has 3 heteroatoms. The van der Waals surface area contributed by atoms with Gasteiger partial charge in [0.1, 0.15) is 5.75 Å². The SMILES string of the molecule is CNC(C)CCCOc1cc(Cl)ccc1C. The Morgan fingerprint density at radius 1 is 1.44 bits per heavy atom. The van der Waals surface area contributed by atoms with E-state index in [1.807, 2.05) is 32.2 Å². The van der Waals surface area contributed by atoms with Crippen LogP contribution in [0.2, 0.25) is 5.02 Å². The van der Waals surface area contributed by atoms with Gasteiger partial charge in [-0.05, 0) is 51.4 Å². The smallest absolute Gasteiger partial charge is 0.123 e. The molecule has 16 heavy (non-hydrogen) atoms. The van der Waals surface area contributed by atoms with Crippen LogP contribution in [0.15, 0.2) is 18.2 Å². The highest BCUT2D eigenvalue weighted by molar-refractivity contribution is 6.30.